The smallest absolute Gasteiger partial charge is 0.308 e. The van der Waals surface area contributed by atoms with Gasteiger partial charge in [-0.2, -0.15) is 0 Å². The molecule has 4 rings (SSSR count). The molecule has 0 radical (unpaired) electrons. The lowest BCUT2D eigenvalue weighted by Gasteiger charge is -2.26. The van der Waals surface area contributed by atoms with E-state index in [1.165, 1.54) is 12.1 Å². The molecule has 2 atom stereocenters. The van der Waals surface area contributed by atoms with Gasteiger partial charge in [0.25, 0.3) is 5.91 Å². The highest BCUT2D eigenvalue weighted by atomic mass is 35.5. The molecule has 0 spiro atoms. The zero-order chi connectivity index (χ0) is 25.8. The molecule has 1 aromatic heterocycles. The van der Waals surface area contributed by atoms with Crippen molar-refractivity contribution >= 4 is 23.5 Å². The predicted octanol–water partition coefficient (Wildman–Crippen LogP) is 4.85. The molecule has 190 valence electrons. The first-order valence-electron chi connectivity index (χ1n) is 12.0. The van der Waals surface area contributed by atoms with Gasteiger partial charge in [0.15, 0.2) is 0 Å². The fraction of sp³-hybridized carbons (Fsp3) is 0.370. The Morgan fingerprint density at radius 3 is 2.69 bits per heavy atom. The van der Waals surface area contributed by atoms with Crippen LogP contribution in [0.15, 0.2) is 48.5 Å². The monoisotopic (exact) mass is 513 g/mol. The van der Waals surface area contributed by atoms with Crippen LogP contribution in [0.25, 0.3) is 11.4 Å². The van der Waals surface area contributed by atoms with E-state index in [-0.39, 0.29) is 36.3 Å². The van der Waals surface area contributed by atoms with E-state index in [0.717, 1.165) is 11.3 Å². The Labute approximate surface area is 214 Å². The number of aliphatic hydroxyl groups is 1. The number of aliphatic hydroxyl groups excluding tert-OH is 1. The summed E-state index contributed by atoms with van der Waals surface area (Å²) in [4.78, 5) is 29.8. The molecule has 9 heteroatoms. The molecule has 2 N–H and O–H groups in total. The molecule has 0 bridgehead atoms. The molecule has 1 amide bonds. The summed E-state index contributed by atoms with van der Waals surface area (Å²) in [5.74, 6) is -0.662. The second-order valence-corrected chi connectivity index (χ2v) is 9.73. The predicted molar refractivity (Wildman–Crippen MR) is 134 cm³/mol. The minimum absolute atomic E-state index is 0.00338. The highest BCUT2D eigenvalue weighted by molar-refractivity contribution is 6.30. The second-order valence-electron chi connectivity index (χ2n) is 9.29. The van der Waals surface area contributed by atoms with Gasteiger partial charge in [0.1, 0.15) is 23.4 Å². The van der Waals surface area contributed by atoms with Gasteiger partial charge in [-0.1, -0.05) is 37.6 Å². The van der Waals surface area contributed by atoms with Crippen LogP contribution < -0.4 is 5.32 Å². The maximum absolute atomic E-state index is 13.6. The fourth-order valence-corrected chi connectivity index (χ4v) is 4.70. The molecule has 2 heterocycles. The Bertz CT molecular complexity index is 1240. The van der Waals surface area contributed by atoms with E-state index in [2.05, 4.69) is 5.32 Å². The highest BCUT2D eigenvalue weighted by Crippen LogP contribution is 2.30. The number of cyclic esters (lactones) is 1. The Morgan fingerprint density at radius 2 is 2.03 bits per heavy atom. The molecule has 7 nitrogen and oxygen atoms in total. The number of esters is 1. The molecule has 0 saturated carbocycles. The van der Waals surface area contributed by atoms with Crippen molar-refractivity contribution in [1.82, 2.24) is 14.9 Å². The Morgan fingerprint density at radius 1 is 1.28 bits per heavy atom. The van der Waals surface area contributed by atoms with Crippen molar-refractivity contribution in [3.8, 4) is 11.4 Å². The average Bonchev–Trinajstić information content (AvgIpc) is 3.21. The summed E-state index contributed by atoms with van der Waals surface area (Å²) in [6.45, 7) is 4.63. The van der Waals surface area contributed by atoms with Crippen LogP contribution >= 0.6 is 11.6 Å². The van der Waals surface area contributed by atoms with Crippen LogP contribution in [-0.4, -0.2) is 38.7 Å². The van der Waals surface area contributed by atoms with E-state index in [1.54, 1.807) is 24.3 Å². The SMILES string of the molecule is CC(C)c1c(C(=O)NCc2cccc(Cl)c2)nc(-c2ccc(F)cc2)n1CC[C@@H]1C[C@@H](O)CC(=O)O1. The highest BCUT2D eigenvalue weighted by Gasteiger charge is 2.29. The number of halogens is 2. The zero-order valence-electron chi connectivity index (χ0n) is 20.2. The quantitative estimate of drug-likeness (QED) is 0.420. The minimum Gasteiger partial charge on any atom is -0.462 e. The van der Waals surface area contributed by atoms with Crippen molar-refractivity contribution in [2.24, 2.45) is 0 Å². The van der Waals surface area contributed by atoms with E-state index < -0.39 is 18.2 Å². The number of imidazole rings is 1. The summed E-state index contributed by atoms with van der Waals surface area (Å²) in [7, 11) is 0. The van der Waals surface area contributed by atoms with Crippen LogP contribution in [-0.2, 0) is 22.6 Å². The van der Waals surface area contributed by atoms with E-state index in [0.29, 0.717) is 35.8 Å². The lowest BCUT2D eigenvalue weighted by Crippen LogP contribution is -2.33. The molecule has 3 aromatic rings. The number of aromatic nitrogens is 2. The van der Waals surface area contributed by atoms with Crippen molar-refractivity contribution in [2.45, 2.75) is 64.3 Å². The molecule has 36 heavy (non-hydrogen) atoms. The molecule has 0 unspecified atom stereocenters. The van der Waals surface area contributed by atoms with Crippen molar-refractivity contribution < 1.29 is 23.8 Å². The van der Waals surface area contributed by atoms with Gasteiger partial charge in [-0.25, -0.2) is 9.37 Å². The topological polar surface area (TPSA) is 93.5 Å². The minimum atomic E-state index is -0.729. The van der Waals surface area contributed by atoms with Crippen molar-refractivity contribution in [1.29, 1.82) is 0 Å². The average molecular weight is 514 g/mol. The number of benzene rings is 2. The molecule has 0 aliphatic carbocycles. The largest absolute Gasteiger partial charge is 0.462 e. The maximum atomic E-state index is 13.6. The standard InChI is InChI=1S/C27H29ClFN3O4/c1-16(2)25-24(27(35)30-15-17-4-3-5-19(28)12-17)31-26(18-6-8-20(29)9-7-18)32(25)11-10-22-13-21(33)14-23(34)36-22/h3-9,12,16,21-22,33H,10-11,13-15H2,1-2H3,(H,30,35)/t21-,22-/m1/s1. The number of rotatable bonds is 8. The van der Waals surface area contributed by atoms with Crippen molar-refractivity contribution in [2.75, 3.05) is 0 Å². The summed E-state index contributed by atoms with van der Waals surface area (Å²) in [5, 5.41) is 13.5. The van der Waals surface area contributed by atoms with Gasteiger partial charge in [0, 0.05) is 36.5 Å². The molecule has 1 aliphatic heterocycles. The number of carbonyl (C=O) groups excluding carboxylic acids is 2. The third kappa shape index (κ3) is 6.12. The number of amides is 1. The van der Waals surface area contributed by atoms with Crippen LogP contribution in [0.5, 0.6) is 0 Å². The van der Waals surface area contributed by atoms with Gasteiger partial charge in [0.2, 0.25) is 0 Å². The fourth-order valence-electron chi connectivity index (χ4n) is 4.49. The number of ether oxygens (including phenoxy) is 1. The second kappa shape index (κ2) is 11.2. The number of nitrogens with one attached hydrogen (secondary N) is 1. The van der Waals surface area contributed by atoms with Crippen LogP contribution in [0, 0.1) is 5.82 Å². The number of carbonyl (C=O) groups is 2. The summed E-state index contributed by atoms with van der Waals surface area (Å²) in [6, 6.07) is 13.2. The molecule has 1 saturated heterocycles. The first kappa shape index (κ1) is 25.9. The van der Waals surface area contributed by atoms with Crippen LogP contribution in [0.1, 0.15) is 60.8 Å². The third-order valence-corrected chi connectivity index (χ3v) is 6.36. The molecule has 1 aliphatic rings. The molecule has 1 fully saturated rings. The number of hydrogen-bond donors (Lipinski definition) is 2. The van der Waals surface area contributed by atoms with E-state index >= 15 is 0 Å². The van der Waals surface area contributed by atoms with Gasteiger partial charge in [-0.15, -0.1) is 0 Å². The Balaban J connectivity index is 1.66. The van der Waals surface area contributed by atoms with E-state index in [9.17, 15) is 19.1 Å². The Kier molecular flexibility index (Phi) is 8.06. The number of nitrogens with zero attached hydrogens (tertiary/aromatic N) is 2. The molecular formula is C27H29ClFN3O4. The van der Waals surface area contributed by atoms with Crippen LogP contribution in [0.2, 0.25) is 5.02 Å². The Hall–Kier alpha value is -3.23. The molecule has 2 aromatic carbocycles. The number of hydrogen-bond acceptors (Lipinski definition) is 5. The summed E-state index contributed by atoms with van der Waals surface area (Å²) in [5.41, 5.74) is 2.53. The summed E-state index contributed by atoms with van der Waals surface area (Å²) >= 11 is 6.06. The zero-order valence-corrected chi connectivity index (χ0v) is 21.0. The van der Waals surface area contributed by atoms with E-state index in [4.69, 9.17) is 21.3 Å². The van der Waals surface area contributed by atoms with E-state index in [1.807, 2.05) is 30.5 Å². The van der Waals surface area contributed by atoms with Gasteiger partial charge < -0.3 is 19.7 Å². The van der Waals surface area contributed by atoms with Gasteiger partial charge >= 0.3 is 5.97 Å². The van der Waals surface area contributed by atoms with Crippen molar-refractivity contribution in [3.05, 3.63) is 76.3 Å². The van der Waals surface area contributed by atoms with Crippen LogP contribution in [0.4, 0.5) is 4.39 Å². The first-order chi connectivity index (χ1) is 17.2. The summed E-state index contributed by atoms with van der Waals surface area (Å²) < 4.78 is 21.0. The third-order valence-electron chi connectivity index (χ3n) is 6.12. The van der Waals surface area contributed by atoms with Gasteiger partial charge in [-0.3, -0.25) is 9.59 Å². The summed E-state index contributed by atoms with van der Waals surface area (Å²) in [6.07, 6.45) is -0.373. The maximum Gasteiger partial charge on any atom is 0.308 e. The van der Waals surface area contributed by atoms with Gasteiger partial charge in [0.05, 0.1) is 18.2 Å². The first-order valence-corrected chi connectivity index (χ1v) is 12.4. The lowest BCUT2D eigenvalue weighted by molar-refractivity contribution is -0.160. The molecular weight excluding hydrogens is 485 g/mol. The normalized spacial score (nSPS) is 17.8. The lowest BCUT2D eigenvalue weighted by atomic mass is 10.0. The van der Waals surface area contributed by atoms with Crippen molar-refractivity contribution in [3.63, 3.8) is 0 Å². The van der Waals surface area contributed by atoms with Gasteiger partial charge in [-0.05, 0) is 47.9 Å². The van der Waals surface area contributed by atoms with Crippen LogP contribution in [0.3, 0.4) is 0 Å².